The molecule has 0 fully saturated rings. The number of likely N-dealkylation sites (N-methyl/N-ethyl adjacent to an activating group) is 1. The minimum absolute atomic E-state index is 0.0370. The molecule has 0 aromatic carbocycles. The molecule has 0 aromatic rings. The van der Waals surface area contributed by atoms with Gasteiger partial charge in [0.15, 0.2) is 0 Å². The lowest BCUT2D eigenvalue weighted by molar-refractivity contribution is -0.870. The van der Waals surface area contributed by atoms with Gasteiger partial charge in [0.1, 0.15) is 19.3 Å². The van der Waals surface area contributed by atoms with Crippen LogP contribution in [0, 0.1) is 0 Å². The van der Waals surface area contributed by atoms with Gasteiger partial charge in [0.2, 0.25) is 5.91 Å². The van der Waals surface area contributed by atoms with Crippen LogP contribution in [0.2, 0.25) is 0 Å². The van der Waals surface area contributed by atoms with Gasteiger partial charge in [0.25, 0.3) is 0 Å². The molecule has 86 heavy (non-hydrogen) atoms. The van der Waals surface area contributed by atoms with Crippen LogP contribution in [-0.4, -0.2) is 74.3 Å². The largest absolute Gasteiger partial charge is 0.472 e. The first kappa shape index (κ1) is 83.2. The highest BCUT2D eigenvalue weighted by atomic mass is 31.2. The second kappa shape index (κ2) is 65.2. The lowest BCUT2D eigenvalue weighted by Crippen LogP contribution is -2.47. The normalized spacial score (nSPS) is 14.0. The van der Waals surface area contributed by atoms with Crippen molar-refractivity contribution in [3.05, 3.63) is 85.1 Å². The maximum Gasteiger partial charge on any atom is 0.472 e. The molecule has 0 rings (SSSR count). The molecule has 500 valence electrons. The van der Waals surface area contributed by atoms with Gasteiger partial charge in [-0.25, -0.2) is 4.57 Å². The Bertz CT molecular complexity index is 1750. The third-order valence-corrected chi connectivity index (χ3v) is 17.0. The second-order valence-corrected chi connectivity index (χ2v) is 27.2. The summed E-state index contributed by atoms with van der Waals surface area (Å²) < 4.78 is 30.9. The molecule has 0 radical (unpaired) electrons. The van der Waals surface area contributed by atoms with Crippen molar-refractivity contribution in [3.8, 4) is 0 Å². The first-order valence-corrected chi connectivity index (χ1v) is 37.9. The fourth-order valence-corrected chi connectivity index (χ4v) is 11.2. The van der Waals surface area contributed by atoms with Crippen LogP contribution in [0.1, 0.15) is 335 Å². The number of carbonyl (C=O) groups is 2. The number of hydrogen-bond acceptors (Lipinski definition) is 6. The third kappa shape index (κ3) is 65.6. The summed E-state index contributed by atoms with van der Waals surface area (Å²) in [5, 5.41) is 3.07. The fourth-order valence-electron chi connectivity index (χ4n) is 10.4. The number of rotatable bonds is 66. The van der Waals surface area contributed by atoms with E-state index in [9.17, 15) is 19.0 Å². The van der Waals surface area contributed by atoms with Crippen LogP contribution in [0.15, 0.2) is 85.1 Å². The molecular weight excluding hydrogens is 1080 g/mol. The first-order chi connectivity index (χ1) is 41.9. The second-order valence-electron chi connectivity index (χ2n) is 25.8. The van der Waals surface area contributed by atoms with Crippen molar-refractivity contribution in [1.29, 1.82) is 0 Å². The number of phosphoric ester groups is 1. The summed E-state index contributed by atoms with van der Waals surface area (Å²) in [7, 11) is 1.49. The number of hydrogen-bond donors (Lipinski definition) is 2. The molecule has 0 bridgehead atoms. The van der Waals surface area contributed by atoms with E-state index in [2.05, 4.69) is 99.0 Å². The van der Waals surface area contributed by atoms with Crippen molar-refractivity contribution in [3.63, 3.8) is 0 Å². The van der Waals surface area contributed by atoms with Crippen LogP contribution in [0.5, 0.6) is 0 Å². The molecule has 0 heterocycles. The van der Waals surface area contributed by atoms with Crippen molar-refractivity contribution in [1.82, 2.24) is 5.32 Å². The van der Waals surface area contributed by atoms with Crippen molar-refractivity contribution < 1.29 is 37.3 Å². The van der Waals surface area contributed by atoms with E-state index < -0.39 is 20.0 Å². The van der Waals surface area contributed by atoms with E-state index in [0.29, 0.717) is 17.4 Å². The lowest BCUT2D eigenvalue weighted by atomic mass is 10.0. The topological polar surface area (TPSA) is 111 Å². The van der Waals surface area contributed by atoms with E-state index in [1.165, 1.54) is 218 Å². The molecule has 0 aliphatic rings. The molecule has 0 aromatic heterocycles. The lowest BCUT2D eigenvalue weighted by Gasteiger charge is -2.27. The predicted molar refractivity (Wildman–Crippen MR) is 374 cm³/mol. The fraction of sp³-hybridized carbons (Fsp3) is 0.789. The van der Waals surface area contributed by atoms with Crippen molar-refractivity contribution in [2.24, 2.45) is 0 Å². The van der Waals surface area contributed by atoms with E-state index >= 15 is 0 Å². The maximum absolute atomic E-state index is 13.6. The Kier molecular flexibility index (Phi) is 63.0. The van der Waals surface area contributed by atoms with Gasteiger partial charge in [-0.05, 0) is 109 Å². The quantitative estimate of drug-likeness (QED) is 0.0205. The molecule has 1 amide bonds. The van der Waals surface area contributed by atoms with Crippen LogP contribution < -0.4 is 5.32 Å². The Hall–Kier alpha value is -2.81. The van der Waals surface area contributed by atoms with E-state index in [-0.39, 0.29) is 31.5 Å². The molecule has 0 aliphatic heterocycles. The smallest absolute Gasteiger partial charge is 0.456 e. The molecule has 0 saturated heterocycles. The maximum atomic E-state index is 13.6. The summed E-state index contributed by atoms with van der Waals surface area (Å²) >= 11 is 0. The SMILES string of the molecule is CCCCC/C=C\C/C=C\C/C=C\CCCCCCCCCCCCCCC(=O)OC(/C=C/CCCCCCCCCCCC)C(COP(=O)(O)OCC[N+](C)(C)C)NC(=O)CCCCCCCCCCCC/C=C\C/C=C\C/C=C\CCCCC. The van der Waals surface area contributed by atoms with E-state index in [4.69, 9.17) is 13.8 Å². The molecule has 0 saturated carbocycles. The van der Waals surface area contributed by atoms with Gasteiger partial charge in [-0.3, -0.25) is 18.6 Å². The number of ether oxygens (including phenoxy) is 1. The van der Waals surface area contributed by atoms with E-state index in [1.807, 2.05) is 33.3 Å². The summed E-state index contributed by atoms with van der Waals surface area (Å²) in [6, 6.07) is -0.856. The monoisotopic (exact) mass is 1220 g/mol. The summed E-state index contributed by atoms with van der Waals surface area (Å²) in [5.41, 5.74) is 0. The minimum atomic E-state index is -4.46. The van der Waals surface area contributed by atoms with Gasteiger partial charge in [0, 0.05) is 12.8 Å². The Balaban J connectivity index is 5.05. The zero-order valence-corrected chi connectivity index (χ0v) is 58.2. The Morgan fingerprint density at radius 2 is 0.709 bits per heavy atom. The average molecular weight is 1220 g/mol. The number of esters is 1. The summed E-state index contributed by atoms with van der Waals surface area (Å²) in [5.74, 6) is -0.504. The average Bonchev–Trinajstić information content (AvgIpc) is 3.65. The number of carbonyl (C=O) groups excluding carboxylic acids is 2. The van der Waals surface area contributed by atoms with Gasteiger partial charge < -0.3 is 19.4 Å². The molecule has 3 unspecified atom stereocenters. The number of allylic oxidation sites excluding steroid dienone is 13. The Labute approximate surface area is 533 Å². The zero-order valence-electron chi connectivity index (χ0n) is 57.3. The highest BCUT2D eigenvalue weighted by Crippen LogP contribution is 2.43. The molecule has 10 heteroatoms. The van der Waals surface area contributed by atoms with Crippen LogP contribution in [-0.2, 0) is 27.9 Å². The highest BCUT2D eigenvalue weighted by molar-refractivity contribution is 7.47. The highest BCUT2D eigenvalue weighted by Gasteiger charge is 2.30. The summed E-state index contributed by atoms with van der Waals surface area (Å²) in [4.78, 5) is 37.9. The Morgan fingerprint density at radius 3 is 1.08 bits per heavy atom. The zero-order chi connectivity index (χ0) is 62.8. The van der Waals surface area contributed by atoms with E-state index in [0.717, 1.165) is 83.5 Å². The summed E-state index contributed by atoms with van der Waals surface area (Å²) in [6.07, 6.45) is 87.3. The van der Waals surface area contributed by atoms with Gasteiger partial charge in [-0.2, -0.15) is 0 Å². The minimum Gasteiger partial charge on any atom is -0.456 e. The number of nitrogens with one attached hydrogen (secondary N) is 1. The number of unbranched alkanes of at least 4 members (excludes halogenated alkanes) is 38. The van der Waals surface area contributed by atoms with Crippen LogP contribution in [0.25, 0.3) is 0 Å². The van der Waals surface area contributed by atoms with Gasteiger partial charge in [-0.1, -0.05) is 299 Å². The molecule has 0 aliphatic carbocycles. The van der Waals surface area contributed by atoms with Gasteiger partial charge >= 0.3 is 13.8 Å². The molecule has 0 spiro atoms. The first-order valence-electron chi connectivity index (χ1n) is 36.4. The van der Waals surface area contributed by atoms with Gasteiger partial charge in [-0.15, -0.1) is 0 Å². The third-order valence-electron chi connectivity index (χ3n) is 16.1. The predicted octanol–water partition coefficient (Wildman–Crippen LogP) is 23.3. The van der Waals surface area contributed by atoms with E-state index in [1.54, 1.807) is 0 Å². The molecule has 3 atom stereocenters. The Morgan fingerprint density at radius 1 is 0.407 bits per heavy atom. The summed E-state index contributed by atoms with van der Waals surface area (Å²) in [6.45, 7) is 6.98. The number of amides is 1. The van der Waals surface area contributed by atoms with Crippen LogP contribution in [0.3, 0.4) is 0 Å². The van der Waals surface area contributed by atoms with Crippen LogP contribution >= 0.6 is 7.82 Å². The number of nitrogens with zero attached hydrogens (tertiary/aromatic N) is 1. The van der Waals surface area contributed by atoms with Crippen LogP contribution in [0.4, 0.5) is 0 Å². The van der Waals surface area contributed by atoms with Crippen molar-refractivity contribution in [2.45, 2.75) is 348 Å². The molecule has 9 nitrogen and oxygen atoms in total. The molecular formula is C76H140N2O7P+. The van der Waals surface area contributed by atoms with Crippen molar-refractivity contribution >= 4 is 19.7 Å². The van der Waals surface area contributed by atoms with Gasteiger partial charge in [0.05, 0.1) is 33.8 Å². The number of phosphoric acid groups is 1. The van der Waals surface area contributed by atoms with Crippen molar-refractivity contribution in [2.75, 3.05) is 40.9 Å². The standard InChI is InChI=1S/C76H139N2O7P/c1-7-10-13-16-19-22-25-28-30-32-34-36-38-39-41-43-45-47-49-51-54-57-60-63-66-69-76(80)85-74(67-64-61-58-55-52-27-24-21-18-15-12-9-3)73(72-84-86(81,82)83-71-70-78(4,5)6)77-75(79)68-65-62-59-56-53-50-48-46-44-42-40-37-35-33-31-29-26-23-20-17-14-11-8-2/h19-20,22-23,28-31,34-37,64,67,73-74H,7-18,21,24-27,32-33,38-63,65-66,68-72H2,1-6H3,(H-,77,79,81,82)/p+1/b22-19-,23-20-,30-28-,31-29-,36-34-,37-35-,67-64+. The molecule has 2 N–H and O–H groups in total. The number of quaternary nitrogens is 1.